The van der Waals surface area contributed by atoms with Crippen LogP contribution in [-0.4, -0.2) is 37.0 Å². The second kappa shape index (κ2) is 6.72. The number of hydrogen-bond acceptors (Lipinski definition) is 4. The highest BCUT2D eigenvalue weighted by Gasteiger charge is 2.17. The number of carbonyl (C=O) groups is 1. The van der Waals surface area contributed by atoms with Gasteiger partial charge in [0.15, 0.2) is 0 Å². The number of nitrogens with zero attached hydrogens (tertiary/aromatic N) is 5. The third-order valence-electron chi connectivity index (χ3n) is 3.64. The zero-order valence-electron chi connectivity index (χ0n) is 13.9. The number of aryl methyl sites for hydroxylation is 1. The molecule has 0 aliphatic carbocycles. The maximum absolute atomic E-state index is 12.3. The van der Waals surface area contributed by atoms with Crippen LogP contribution in [0.3, 0.4) is 0 Å². The van der Waals surface area contributed by atoms with Crippen molar-refractivity contribution in [3.8, 4) is 0 Å². The topological polar surface area (TPSA) is 77.6 Å². The summed E-state index contributed by atoms with van der Waals surface area (Å²) in [5, 5.41) is 15.2. The van der Waals surface area contributed by atoms with E-state index in [9.17, 15) is 4.79 Å². The SMILES string of the molecule is Cc1c(C(=O)NCC(C)c2nncn2C)cnn1CC(C)C. The van der Waals surface area contributed by atoms with Crippen LogP contribution in [0.25, 0.3) is 0 Å². The van der Waals surface area contributed by atoms with Crippen LogP contribution < -0.4 is 5.32 Å². The molecule has 2 aromatic heterocycles. The molecule has 1 amide bonds. The first kappa shape index (κ1) is 16.2. The Morgan fingerprint density at radius 3 is 2.68 bits per heavy atom. The van der Waals surface area contributed by atoms with Crippen molar-refractivity contribution in [2.24, 2.45) is 13.0 Å². The Labute approximate surface area is 130 Å². The van der Waals surface area contributed by atoms with Crippen molar-refractivity contribution in [2.45, 2.75) is 40.2 Å². The first-order chi connectivity index (χ1) is 10.4. The minimum atomic E-state index is -0.0958. The fourth-order valence-electron chi connectivity index (χ4n) is 2.37. The van der Waals surface area contributed by atoms with Crippen LogP contribution in [-0.2, 0) is 13.6 Å². The van der Waals surface area contributed by atoms with Crippen LogP contribution in [0.1, 0.15) is 48.6 Å². The zero-order valence-corrected chi connectivity index (χ0v) is 13.9. The summed E-state index contributed by atoms with van der Waals surface area (Å²) in [6.07, 6.45) is 3.30. The summed E-state index contributed by atoms with van der Waals surface area (Å²) >= 11 is 0. The first-order valence-corrected chi connectivity index (χ1v) is 7.54. The molecule has 7 nitrogen and oxygen atoms in total. The molecule has 1 N–H and O–H groups in total. The third-order valence-corrected chi connectivity index (χ3v) is 3.64. The summed E-state index contributed by atoms with van der Waals surface area (Å²) in [4.78, 5) is 12.3. The van der Waals surface area contributed by atoms with Gasteiger partial charge in [0, 0.05) is 31.7 Å². The highest BCUT2D eigenvalue weighted by atomic mass is 16.1. The number of carbonyl (C=O) groups excluding carboxylic acids is 1. The number of amides is 1. The molecule has 120 valence electrons. The Morgan fingerprint density at radius 2 is 2.09 bits per heavy atom. The number of rotatable bonds is 6. The molecule has 0 saturated carbocycles. The van der Waals surface area contributed by atoms with Crippen molar-refractivity contribution in [3.05, 3.63) is 29.6 Å². The van der Waals surface area contributed by atoms with E-state index in [0.29, 0.717) is 18.0 Å². The van der Waals surface area contributed by atoms with Gasteiger partial charge in [-0.1, -0.05) is 20.8 Å². The van der Waals surface area contributed by atoms with Crippen LogP contribution in [0.15, 0.2) is 12.5 Å². The number of nitrogens with one attached hydrogen (secondary N) is 1. The van der Waals surface area contributed by atoms with E-state index in [2.05, 4.69) is 34.5 Å². The lowest BCUT2D eigenvalue weighted by atomic mass is 10.1. The maximum Gasteiger partial charge on any atom is 0.254 e. The molecule has 0 aromatic carbocycles. The van der Waals surface area contributed by atoms with E-state index in [0.717, 1.165) is 18.1 Å². The van der Waals surface area contributed by atoms with Crippen LogP contribution >= 0.6 is 0 Å². The third kappa shape index (κ3) is 3.52. The summed E-state index contributed by atoms with van der Waals surface area (Å²) in [5.74, 6) is 1.35. The molecule has 0 radical (unpaired) electrons. The molecule has 0 spiro atoms. The summed E-state index contributed by atoms with van der Waals surface area (Å²) in [5.41, 5.74) is 1.53. The molecule has 0 aliphatic heterocycles. The standard InChI is InChI=1S/C15H24N6O/c1-10(2)8-21-12(4)13(7-18-21)15(22)16-6-11(3)14-19-17-9-20(14)5/h7,9-11H,6,8H2,1-5H3,(H,16,22). The minimum Gasteiger partial charge on any atom is -0.351 e. The van der Waals surface area contributed by atoms with Gasteiger partial charge in [0.2, 0.25) is 0 Å². The van der Waals surface area contributed by atoms with Gasteiger partial charge in [-0.05, 0) is 12.8 Å². The Morgan fingerprint density at radius 1 is 1.36 bits per heavy atom. The van der Waals surface area contributed by atoms with Gasteiger partial charge in [-0.2, -0.15) is 5.10 Å². The van der Waals surface area contributed by atoms with E-state index < -0.39 is 0 Å². The van der Waals surface area contributed by atoms with Crippen LogP contribution in [0, 0.1) is 12.8 Å². The summed E-state index contributed by atoms with van der Waals surface area (Å²) in [7, 11) is 1.90. The quantitative estimate of drug-likeness (QED) is 0.877. The van der Waals surface area contributed by atoms with E-state index >= 15 is 0 Å². The average molecular weight is 304 g/mol. The van der Waals surface area contributed by atoms with Crippen LogP contribution in [0.2, 0.25) is 0 Å². The molecule has 0 saturated heterocycles. The van der Waals surface area contributed by atoms with Crippen molar-refractivity contribution < 1.29 is 4.79 Å². The second-order valence-electron chi connectivity index (χ2n) is 6.13. The van der Waals surface area contributed by atoms with E-state index in [1.807, 2.05) is 30.1 Å². The molecule has 0 fully saturated rings. The molecule has 0 bridgehead atoms. The summed E-state index contributed by atoms with van der Waals surface area (Å²) in [6, 6.07) is 0. The Bertz CT molecular complexity index is 642. The van der Waals surface area contributed by atoms with E-state index in [4.69, 9.17) is 0 Å². The van der Waals surface area contributed by atoms with Gasteiger partial charge in [0.25, 0.3) is 5.91 Å². The zero-order chi connectivity index (χ0) is 16.3. The van der Waals surface area contributed by atoms with Crippen molar-refractivity contribution in [2.75, 3.05) is 6.54 Å². The van der Waals surface area contributed by atoms with Gasteiger partial charge < -0.3 is 9.88 Å². The molecule has 7 heteroatoms. The van der Waals surface area contributed by atoms with Crippen molar-refractivity contribution in [1.29, 1.82) is 0 Å². The fraction of sp³-hybridized carbons (Fsp3) is 0.600. The number of hydrogen-bond donors (Lipinski definition) is 1. The molecular weight excluding hydrogens is 280 g/mol. The Kier molecular flexibility index (Phi) is 4.95. The lowest BCUT2D eigenvalue weighted by molar-refractivity contribution is 0.0950. The van der Waals surface area contributed by atoms with Crippen LogP contribution in [0.5, 0.6) is 0 Å². The van der Waals surface area contributed by atoms with Gasteiger partial charge >= 0.3 is 0 Å². The monoisotopic (exact) mass is 304 g/mol. The van der Waals surface area contributed by atoms with Crippen molar-refractivity contribution in [1.82, 2.24) is 29.9 Å². The second-order valence-corrected chi connectivity index (χ2v) is 6.13. The Balaban J connectivity index is 1.98. The summed E-state index contributed by atoms with van der Waals surface area (Å²) < 4.78 is 3.74. The highest BCUT2D eigenvalue weighted by molar-refractivity contribution is 5.95. The fourth-order valence-corrected chi connectivity index (χ4v) is 2.37. The molecule has 0 aliphatic rings. The predicted octanol–water partition coefficient (Wildman–Crippen LogP) is 1.51. The van der Waals surface area contributed by atoms with Crippen LogP contribution in [0.4, 0.5) is 0 Å². The molecule has 1 unspecified atom stereocenters. The Hall–Kier alpha value is -2.18. The lowest BCUT2D eigenvalue weighted by Crippen LogP contribution is -2.28. The van der Waals surface area contributed by atoms with Gasteiger partial charge in [-0.15, -0.1) is 10.2 Å². The lowest BCUT2D eigenvalue weighted by Gasteiger charge is -2.12. The van der Waals surface area contributed by atoms with Gasteiger partial charge in [0.05, 0.1) is 11.8 Å². The molecule has 22 heavy (non-hydrogen) atoms. The minimum absolute atomic E-state index is 0.0958. The predicted molar refractivity (Wildman–Crippen MR) is 83.6 cm³/mol. The van der Waals surface area contributed by atoms with Gasteiger partial charge in [-0.3, -0.25) is 9.48 Å². The van der Waals surface area contributed by atoms with E-state index in [1.165, 1.54) is 0 Å². The van der Waals surface area contributed by atoms with E-state index in [1.54, 1.807) is 12.5 Å². The molecule has 2 rings (SSSR count). The normalized spacial score (nSPS) is 12.6. The highest BCUT2D eigenvalue weighted by Crippen LogP contribution is 2.12. The van der Waals surface area contributed by atoms with E-state index in [-0.39, 0.29) is 11.8 Å². The smallest absolute Gasteiger partial charge is 0.254 e. The molecular formula is C15H24N6O. The van der Waals surface area contributed by atoms with Gasteiger partial charge in [-0.25, -0.2) is 0 Å². The molecule has 2 aromatic rings. The maximum atomic E-state index is 12.3. The molecule has 2 heterocycles. The summed E-state index contributed by atoms with van der Waals surface area (Å²) in [6.45, 7) is 9.53. The molecule has 1 atom stereocenters. The van der Waals surface area contributed by atoms with Crippen molar-refractivity contribution in [3.63, 3.8) is 0 Å². The largest absolute Gasteiger partial charge is 0.351 e. The number of aromatic nitrogens is 5. The first-order valence-electron chi connectivity index (χ1n) is 7.54. The van der Waals surface area contributed by atoms with Crippen molar-refractivity contribution >= 4 is 5.91 Å². The average Bonchev–Trinajstić information content (AvgIpc) is 3.03. The van der Waals surface area contributed by atoms with Gasteiger partial charge in [0.1, 0.15) is 12.2 Å².